The van der Waals surface area contributed by atoms with Gasteiger partial charge in [-0.25, -0.2) is 0 Å². The zero-order chi connectivity index (χ0) is 12.4. The molecule has 1 unspecified atom stereocenters. The van der Waals surface area contributed by atoms with Crippen molar-refractivity contribution in [3.63, 3.8) is 0 Å². The average Bonchev–Trinajstić information content (AvgIpc) is 2.01. The van der Waals surface area contributed by atoms with Gasteiger partial charge in [0, 0.05) is 5.92 Å². The molecule has 1 atom stereocenters. The molecule has 0 aliphatic rings. The summed E-state index contributed by atoms with van der Waals surface area (Å²) in [5.74, 6) is -2.90. The molecule has 15 heavy (non-hydrogen) atoms. The summed E-state index contributed by atoms with van der Waals surface area (Å²) in [7, 11) is -5.10. The zero-order valence-corrected chi connectivity index (χ0v) is 9.84. The first-order valence-corrected chi connectivity index (χ1v) is 5.85. The highest BCUT2D eigenvalue weighted by Crippen LogP contribution is 2.30. The van der Waals surface area contributed by atoms with E-state index >= 15 is 0 Å². The van der Waals surface area contributed by atoms with Gasteiger partial charge in [0.1, 0.15) is 0 Å². The minimum Gasteiger partial charge on any atom is -0.412 e. The summed E-state index contributed by atoms with van der Waals surface area (Å²) in [5.41, 5.74) is 0. The largest absolute Gasteiger partial charge is 0.412 e. The average molecular weight is 242 g/mol. The van der Waals surface area contributed by atoms with Gasteiger partial charge in [0.25, 0.3) is 0 Å². The van der Waals surface area contributed by atoms with E-state index in [1.165, 1.54) is 27.7 Å². The smallest absolute Gasteiger partial charge is 0.379 e. The first-order chi connectivity index (χ1) is 6.52. The molecule has 1 N–H and O–H groups in total. The predicted molar refractivity (Wildman–Crippen MR) is 51.2 cm³/mol. The molecule has 0 radical (unpaired) electrons. The van der Waals surface area contributed by atoms with Gasteiger partial charge in [0.2, 0.25) is 0 Å². The SMILES string of the molecule is CC(C)C(=O)OC(F)(C(C)C)S(=O)(=O)O. The van der Waals surface area contributed by atoms with Crippen LogP contribution in [0.3, 0.4) is 0 Å². The van der Waals surface area contributed by atoms with E-state index in [1.807, 2.05) is 0 Å². The van der Waals surface area contributed by atoms with Crippen LogP contribution in [0.1, 0.15) is 27.7 Å². The lowest BCUT2D eigenvalue weighted by Gasteiger charge is -2.26. The molecule has 7 heteroatoms. The first-order valence-electron chi connectivity index (χ1n) is 4.41. The van der Waals surface area contributed by atoms with E-state index in [9.17, 15) is 17.6 Å². The highest BCUT2D eigenvalue weighted by Gasteiger charge is 2.51. The van der Waals surface area contributed by atoms with Crippen molar-refractivity contribution in [2.45, 2.75) is 32.9 Å². The molecule has 0 heterocycles. The second-order valence-electron chi connectivity index (χ2n) is 3.79. The Balaban J connectivity index is 5.10. The third-order valence-electron chi connectivity index (χ3n) is 1.75. The fourth-order valence-corrected chi connectivity index (χ4v) is 1.51. The fraction of sp³-hybridized carbons (Fsp3) is 0.875. The van der Waals surface area contributed by atoms with Crippen molar-refractivity contribution < 1.29 is 26.9 Å². The van der Waals surface area contributed by atoms with Gasteiger partial charge in [-0.15, -0.1) is 0 Å². The molecule has 0 fully saturated rings. The second kappa shape index (κ2) is 4.44. The summed E-state index contributed by atoms with van der Waals surface area (Å²) in [4.78, 5) is 11.1. The van der Waals surface area contributed by atoms with Crippen molar-refractivity contribution in [3.8, 4) is 0 Å². The van der Waals surface area contributed by atoms with Crippen LogP contribution in [0.4, 0.5) is 4.39 Å². The number of carbonyl (C=O) groups excluding carboxylic acids is 1. The van der Waals surface area contributed by atoms with Crippen molar-refractivity contribution in [3.05, 3.63) is 0 Å². The molecule has 0 aliphatic carbocycles. The molecule has 0 amide bonds. The minimum absolute atomic E-state index is 0.680. The number of hydrogen-bond acceptors (Lipinski definition) is 4. The van der Waals surface area contributed by atoms with Crippen molar-refractivity contribution in [1.82, 2.24) is 0 Å². The van der Waals surface area contributed by atoms with Gasteiger partial charge in [-0.1, -0.05) is 27.7 Å². The van der Waals surface area contributed by atoms with Crippen molar-refractivity contribution in [1.29, 1.82) is 0 Å². The normalized spacial score (nSPS) is 16.5. The number of alkyl halides is 1. The third-order valence-corrected chi connectivity index (χ3v) is 3.01. The van der Waals surface area contributed by atoms with Crippen LogP contribution in [0, 0.1) is 11.8 Å². The van der Waals surface area contributed by atoms with Gasteiger partial charge < -0.3 is 4.74 Å². The maximum atomic E-state index is 13.8. The molecule has 0 aromatic rings. The molecular weight excluding hydrogens is 227 g/mol. The van der Waals surface area contributed by atoms with E-state index in [1.54, 1.807) is 0 Å². The van der Waals surface area contributed by atoms with Crippen molar-refractivity contribution >= 4 is 16.1 Å². The van der Waals surface area contributed by atoms with Crippen molar-refractivity contribution in [2.24, 2.45) is 11.8 Å². The van der Waals surface area contributed by atoms with Gasteiger partial charge in [0.15, 0.2) is 0 Å². The fourth-order valence-electron chi connectivity index (χ4n) is 0.723. The van der Waals surface area contributed by atoms with E-state index in [-0.39, 0.29) is 0 Å². The molecular formula is C8H15FO5S. The Hall–Kier alpha value is -0.690. The van der Waals surface area contributed by atoms with Crippen LogP contribution in [0.15, 0.2) is 0 Å². The predicted octanol–water partition coefficient (Wildman–Crippen LogP) is 1.35. The molecule has 0 aliphatic heterocycles. The van der Waals surface area contributed by atoms with Crippen LogP contribution in [-0.2, 0) is 19.6 Å². The van der Waals surface area contributed by atoms with Crippen LogP contribution in [0.2, 0.25) is 0 Å². The standard InChI is InChI=1S/C8H15FO5S/c1-5(2)7(10)14-8(9,6(3)4)15(11,12)13/h5-6H,1-4H3,(H,11,12,13). The van der Waals surface area contributed by atoms with Gasteiger partial charge in [-0.05, 0) is 0 Å². The van der Waals surface area contributed by atoms with E-state index in [2.05, 4.69) is 4.74 Å². The van der Waals surface area contributed by atoms with E-state index in [4.69, 9.17) is 4.55 Å². The van der Waals surface area contributed by atoms with Gasteiger partial charge in [0.05, 0.1) is 5.92 Å². The lowest BCUT2D eigenvalue weighted by Crippen LogP contribution is -2.44. The number of carbonyl (C=O) groups is 1. The Morgan fingerprint density at radius 2 is 1.73 bits per heavy atom. The molecule has 0 bridgehead atoms. The first kappa shape index (κ1) is 14.3. The van der Waals surface area contributed by atoms with Crippen LogP contribution in [0.5, 0.6) is 0 Å². The van der Waals surface area contributed by atoms with Gasteiger partial charge in [-0.2, -0.15) is 12.8 Å². The number of halogens is 1. The highest BCUT2D eigenvalue weighted by atomic mass is 32.2. The molecule has 0 aromatic carbocycles. The maximum Gasteiger partial charge on any atom is 0.379 e. The molecule has 0 saturated heterocycles. The van der Waals surface area contributed by atoms with E-state index in [0.717, 1.165) is 0 Å². The Morgan fingerprint density at radius 1 is 1.33 bits per heavy atom. The molecule has 5 nitrogen and oxygen atoms in total. The molecule has 0 aromatic heterocycles. The molecule has 0 saturated carbocycles. The maximum absolute atomic E-state index is 13.8. The second-order valence-corrected chi connectivity index (χ2v) is 5.29. The number of hydrogen-bond donors (Lipinski definition) is 1. The third kappa shape index (κ3) is 3.13. The van der Waals surface area contributed by atoms with Crippen LogP contribution >= 0.6 is 0 Å². The summed E-state index contributed by atoms with van der Waals surface area (Å²) in [6.45, 7) is 5.21. The minimum atomic E-state index is -5.10. The summed E-state index contributed by atoms with van der Waals surface area (Å²) < 4.78 is 48.1. The van der Waals surface area contributed by atoms with Gasteiger partial charge in [-0.3, -0.25) is 9.35 Å². The highest BCUT2D eigenvalue weighted by molar-refractivity contribution is 7.86. The monoisotopic (exact) mass is 242 g/mol. The Labute approximate surface area is 88.4 Å². The van der Waals surface area contributed by atoms with Crippen molar-refractivity contribution in [2.75, 3.05) is 0 Å². The number of ether oxygens (including phenoxy) is 1. The Kier molecular flexibility index (Phi) is 4.24. The zero-order valence-electron chi connectivity index (χ0n) is 9.02. The number of esters is 1. The molecule has 0 spiro atoms. The molecule has 0 rings (SSSR count). The summed E-state index contributed by atoms with van der Waals surface area (Å²) in [5, 5.41) is -3.38. The Bertz CT molecular complexity index is 335. The quantitative estimate of drug-likeness (QED) is 0.594. The van der Waals surface area contributed by atoms with Crippen LogP contribution < -0.4 is 0 Å². The summed E-state index contributed by atoms with van der Waals surface area (Å²) in [6, 6.07) is 0. The summed E-state index contributed by atoms with van der Waals surface area (Å²) >= 11 is 0. The topological polar surface area (TPSA) is 80.7 Å². The van der Waals surface area contributed by atoms with E-state index in [0.29, 0.717) is 0 Å². The summed E-state index contributed by atoms with van der Waals surface area (Å²) in [6.07, 6.45) is 0. The van der Waals surface area contributed by atoms with E-state index < -0.39 is 33.1 Å². The van der Waals surface area contributed by atoms with Crippen LogP contribution in [0.25, 0.3) is 0 Å². The molecule has 90 valence electrons. The Morgan fingerprint density at radius 3 is 1.93 bits per heavy atom. The number of rotatable bonds is 4. The van der Waals surface area contributed by atoms with Gasteiger partial charge >= 0.3 is 21.3 Å². The lowest BCUT2D eigenvalue weighted by atomic mass is 10.2. The van der Waals surface area contributed by atoms with Crippen LogP contribution in [-0.4, -0.2) is 24.1 Å². The lowest BCUT2D eigenvalue weighted by molar-refractivity contribution is -0.176.